The molecule has 0 aromatic rings. The Balaban J connectivity index is 1.63. The van der Waals surface area contributed by atoms with Gasteiger partial charge in [0.1, 0.15) is 0 Å². The minimum Gasteiger partial charge on any atom is -0.481 e. The average molecular weight is 299 g/mol. The second kappa shape index (κ2) is 8.34. The monoisotopic (exact) mass is 299 g/mol. The SMILES string of the molecule is O=C(O)CCOC1CCN(C(=O)CC2CCCCO2)CC1. The van der Waals surface area contributed by atoms with Crippen molar-refractivity contribution in [3.05, 3.63) is 0 Å². The molecule has 1 amide bonds. The molecule has 0 spiro atoms. The van der Waals surface area contributed by atoms with Crippen LogP contribution in [0.5, 0.6) is 0 Å². The largest absolute Gasteiger partial charge is 0.481 e. The zero-order valence-corrected chi connectivity index (χ0v) is 12.5. The molecule has 0 aromatic heterocycles. The molecule has 0 radical (unpaired) electrons. The Labute approximate surface area is 125 Å². The average Bonchev–Trinajstić information content (AvgIpc) is 2.48. The Hall–Kier alpha value is -1.14. The number of amides is 1. The predicted molar refractivity (Wildman–Crippen MR) is 76.0 cm³/mol. The fourth-order valence-corrected chi connectivity index (χ4v) is 2.88. The van der Waals surface area contributed by atoms with Gasteiger partial charge in [-0.15, -0.1) is 0 Å². The number of ether oxygens (including phenoxy) is 2. The summed E-state index contributed by atoms with van der Waals surface area (Å²) in [5.41, 5.74) is 0. The van der Waals surface area contributed by atoms with E-state index in [0.29, 0.717) is 19.5 Å². The zero-order valence-electron chi connectivity index (χ0n) is 12.5. The van der Waals surface area contributed by atoms with Crippen LogP contribution in [-0.4, -0.2) is 60.4 Å². The lowest BCUT2D eigenvalue weighted by Crippen LogP contribution is -2.42. The highest BCUT2D eigenvalue weighted by atomic mass is 16.5. The standard InChI is InChI=1S/C15H25NO5/c17-14(11-13-3-1-2-9-20-13)16-7-4-12(5-8-16)21-10-6-15(18)19/h12-13H,1-11H2,(H,18,19). The minimum atomic E-state index is -0.838. The van der Waals surface area contributed by atoms with Gasteiger partial charge >= 0.3 is 5.97 Å². The van der Waals surface area contributed by atoms with Crippen molar-refractivity contribution in [2.24, 2.45) is 0 Å². The smallest absolute Gasteiger partial charge is 0.305 e. The Morgan fingerprint density at radius 3 is 2.57 bits per heavy atom. The van der Waals surface area contributed by atoms with Gasteiger partial charge in [-0.25, -0.2) is 0 Å². The van der Waals surface area contributed by atoms with Crippen molar-refractivity contribution in [1.29, 1.82) is 0 Å². The van der Waals surface area contributed by atoms with Crippen molar-refractivity contribution in [3.8, 4) is 0 Å². The number of nitrogens with zero attached hydrogens (tertiary/aromatic N) is 1. The molecule has 0 bridgehead atoms. The first kappa shape index (κ1) is 16.2. The molecule has 2 rings (SSSR count). The molecule has 2 heterocycles. The molecule has 21 heavy (non-hydrogen) atoms. The third kappa shape index (κ3) is 5.63. The van der Waals surface area contributed by atoms with Crippen LogP contribution in [0.3, 0.4) is 0 Å². The first-order valence-corrected chi connectivity index (χ1v) is 7.88. The van der Waals surface area contributed by atoms with Gasteiger partial charge in [0, 0.05) is 19.7 Å². The number of carboxylic acids is 1. The molecule has 6 nitrogen and oxygen atoms in total. The maximum absolute atomic E-state index is 12.2. The van der Waals surface area contributed by atoms with Crippen LogP contribution in [0.25, 0.3) is 0 Å². The van der Waals surface area contributed by atoms with E-state index in [9.17, 15) is 9.59 Å². The second-order valence-corrected chi connectivity index (χ2v) is 5.79. The van der Waals surface area contributed by atoms with Crippen LogP contribution in [0.15, 0.2) is 0 Å². The first-order chi connectivity index (χ1) is 10.1. The number of piperidine rings is 1. The quantitative estimate of drug-likeness (QED) is 0.803. The highest BCUT2D eigenvalue weighted by molar-refractivity contribution is 5.76. The second-order valence-electron chi connectivity index (χ2n) is 5.79. The van der Waals surface area contributed by atoms with Gasteiger partial charge in [-0.1, -0.05) is 0 Å². The van der Waals surface area contributed by atoms with Crippen LogP contribution in [0.2, 0.25) is 0 Å². The van der Waals surface area contributed by atoms with Gasteiger partial charge in [0.2, 0.25) is 5.91 Å². The summed E-state index contributed by atoms with van der Waals surface area (Å²) in [6, 6.07) is 0. The van der Waals surface area contributed by atoms with Crippen LogP contribution < -0.4 is 0 Å². The maximum Gasteiger partial charge on any atom is 0.305 e. The molecular formula is C15H25NO5. The summed E-state index contributed by atoms with van der Waals surface area (Å²) in [5.74, 6) is -0.666. The van der Waals surface area contributed by atoms with Gasteiger partial charge in [0.15, 0.2) is 0 Å². The summed E-state index contributed by atoms with van der Waals surface area (Å²) >= 11 is 0. The third-order valence-electron chi connectivity index (χ3n) is 4.14. The van der Waals surface area contributed by atoms with Gasteiger partial charge < -0.3 is 19.5 Å². The van der Waals surface area contributed by atoms with Crippen molar-refractivity contribution in [2.45, 2.75) is 57.2 Å². The molecule has 1 unspecified atom stereocenters. The van der Waals surface area contributed by atoms with Crippen molar-refractivity contribution in [1.82, 2.24) is 4.90 Å². The topological polar surface area (TPSA) is 76.1 Å². The highest BCUT2D eigenvalue weighted by Gasteiger charge is 2.26. The van der Waals surface area contributed by atoms with Crippen molar-refractivity contribution in [2.75, 3.05) is 26.3 Å². The number of carbonyl (C=O) groups is 2. The number of rotatable bonds is 6. The van der Waals surface area contributed by atoms with Crippen LogP contribution in [0.4, 0.5) is 0 Å². The molecule has 2 saturated heterocycles. The van der Waals surface area contributed by atoms with Crippen molar-refractivity contribution in [3.63, 3.8) is 0 Å². The molecule has 2 aliphatic rings. The Bertz CT molecular complexity index is 346. The van der Waals surface area contributed by atoms with Gasteiger partial charge in [-0.05, 0) is 32.1 Å². The van der Waals surface area contributed by atoms with Crippen LogP contribution in [0.1, 0.15) is 44.9 Å². The van der Waals surface area contributed by atoms with Crippen LogP contribution >= 0.6 is 0 Å². The lowest BCUT2D eigenvalue weighted by atomic mass is 10.0. The van der Waals surface area contributed by atoms with E-state index in [4.69, 9.17) is 14.6 Å². The first-order valence-electron chi connectivity index (χ1n) is 7.88. The summed E-state index contributed by atoms with van der Waals surface area (Å²) in [4.78, 5) is 24.5. The highest BCUT2D eigenvalue weighted by Crippen LogP contribution is 2.19. The van der Waals surface area contributed by atoms with Crippen molar-refractivity contribution < 1.29 is 24.2 Å². The fraction of sp³-hybridized carbons (Fsp3) is 0.867. The molecule has 120 valence electrons. The van der Waals surface area contributed by atoms with Gasteiger partial charge in [0.05, 0.1) is 31.7 Å². The number of hydrogen-bond acceptors (Lipinski definition) is 4. The molecule has 2 aliphatic heterocycles. The fourth-order valence-electron chi connectivity index (χ4n) is 2.88. The Morgan fingerprint density at radius 2 is 1.95 bits per heavy atom. The molecule has 0 aromatic carbocycles. The van der Waals surface area contributed by atoms with Crippen LogP contribution in [-0.2, 0) is 19.1 Å². The Morgan fingerprint density at radius 1 is 1.19 bits per heavy atom. The molecule has 0 aliphatic carbocycles. The van der Waals surface area contributed by atoms with E-state index in [0.717, 1.165) is 38.7 Å². The molecule has 0 saturated carbocycles. The minimum absolute atomic E-state index is 0.0398. The van der Waals surface area contributed by atoms with Crippen molar-refractivity contribution >= 4 is 11.9 Å². The van der Waals surface area contributed by atoms with E-state index in [-0.39, 0.29) is 31.1 Å². The van der Waals surface area contributed by atoms with E-state index in [2.05, 4.69) is 0 Å². The van der Waals surface area contributed by atoms with Gasteiger partial charge in [-0.2, -0.15) is 0 Å². The number of carbonyl (C=O) groups excluding carboxylic acids is 1. The lowest BCUT2D eigenvalue weighted by molar-refractivity contribution is -0.139. The van der Waals surface area contributed by atoms with E-state index >= 15 is 0 Å². The molecule has 1 atom stereocenters. The summed E-state index contributed by atoms with van der Waals surface area (Å²) in [6.45, 7) is 2.42. The molecular weight excluding hydrogens is 274 g/mol. The van der Waals surface area contributed by atoms with Crippen LogP contribution in [0, 0.1) is 0 Å². The number of aliphatic carboxylic acids is 1. The number of carboxylic acid groups (broad SMARTS) is 1. The Kier molecular flexibility index (Phi) is 6.45. The normalized spacial score (nSPS) is 24.0. The summed E-state index contributed by atoms with van der Waals surface area (Å²) in [6.07, 6.45) is 5.52. The van der Waals surface area contributed by atoms with E-state index in [1.54, 1.807) is 0 Å². The maximum atomic E-state index is 12.2. The summed E-state index contributed by atoms with van der Waals surface area (Å²) in [5, 5.41) is 8.57. The molecule has 2 fully saturated rings. The molecule has 1 N–H and O–H groups in total. The van der Waals surface area contributed by atoms with Gasteiger partial charge in [0.25, 0.3) is 0 Å². The predicted octanol–water partition coefficient (Wildman–Crippen LogP) is 1.43. The molecule has 6 heteroatoms. The number of hydrogen-bond donors (Lipinski definition) is 1. The summed E-state index contributed by atoms with van der Waals surface area (Å²) in [7, 11) is 0. The lowest BCUT2D eigenvalue weighted by Gasteiger charge is -2.33. The van der Waals surface area contributed by atoms with Gasteiger partial charge in [-0.3, -0.25) is 9.59 Å². The number of likely N-dealkylation sites (tertiary alicyclic amines) is 1. The zero-order chi connectivity index (χ0) is 15.1. The van der Waals surface area contributed by atoms with E-state index in [1.165, 1.54) is 0 Å². The summed E-state index contributed by atoms with van der Waals surface area (Å²) < 4.78 is 11.1. The third-order valence-corrected chi connectivity index (χ3v) is 4.14. The van der Waals surface area contributed by atoms with E-state index in [1.807, 2.05) is 4.90 Å². The van der Waals surface area contributed by atoms with E-state index < -0.39 is 5.97 Å².